The van der Waals surface area contributed by atoms with E-state index in [-0.39, 0.29) is 29.8 Å². The van der Waals surface area contributed by atoms with Crippen molar-refractivity contribution in [2.45, 2.75) is 13.3 Å². The Morgan fingerprint density at radius 1 is 1.42 bits per heavy atom. The fraction of sp³-hybridized carbons (Fsp3) is 0.235. The Bertz CT molecular complexity index is 822. The van der Waals surface area contributed by atoms with Gasteiger partial charge in [-0.1, -0.05) is 18.2 Å². The van der Waals surface area contributed by atoms with E-state index in [9.17, 15) is 14.0 Å². The smallest absolute Gasteiger partial charge is 0.307 e. The van der Waals surface area contributed by atoms with Crippen molar-refractivity contribution in [2.24, 2.45) is 0 Å². The first-order valence-electron chi connectivity index (χ1n) is 7.61. The first kappa shape index (κ1) is 19.5. The lowest BCUT2D eigenvalue weighted by atomic mass is 10.3. The highest BCUT2D eigenvalue weighted by molar-refractivity contribution is 6.30. The van der Waals surface area contributed by atoms with Crippen LogP contribution >= 0.6 is 11.6 Å². The number of hydrogen-bond acceptors (Lipinski definition) is 5. The Morgan fingerprint density at radius 3 is 2.85 bits per heavy atom. The van der Waals surface area contributed by atoms with Crippen LogP contribution in [-0.2, 0) is 4.79 Å². The van der Waals surface area contributed by atoms with Crippen LogP contribution in [0.25, 0.3) is 0 Å². The summed E-state index contributed by atoms with van der Waals surface area (Å²) in [4.78, 5) is 27.3. The van der Waals surface area contributed by atoms with E-state index in [1.807, 2.05) is 0 Å². The maximum atomic E-state index is 13.3. The van der Waals surface area contributed by atoms with E-state index in [1.165, 1.54) is 18.3 Å². The molecule has 26 heavy (non-hydrogen) atoms. The monoisotopic (exact) mass is 381 g/mol. The molecule has 1 aromatic carbocycles. The van der Waals surface area contributed by atoms with E-state index in [4.69, 9.17) is 20.8 Å². The molecule has 0 bridgehead atoms. The maximum Gasteiger partial charge on any atom is 0.307 e. The maximum absolute atomic E-state index is 13.3. The molecule has 0 saturated heterocycles. The van der Waals surface area contributed by atoms with Gasteiger partial charge >= 0.3 is 5.91 Å². The first-order chi connectivity index (χ1) is 12.3. The molecule has 0 fully saturated rings. The zero-order valence-corrected chi connectivity index (χ0v) is 14.7. The van der Waals surface area contributed by atoms with Gasteiger partial charge in [-0.25, -0.2) is 9.37 Å². The van der Waals surface area contributed by atoms with Crippen molar-refractivity contribution in [3.05, 3.63) is 59.2 Å². The Kier molecular flexibility index (Phi) is 6.74. The molecule has 0 spiro atoms. The molecule has 0 aliphatic heterocycles. The first-order valence-corrected chi connectivity index (χ1v) is 7.99. The molecule has 0 radical (unpaired) electrons. The Hall–Kier alpha value is -2.87. The number of ether oxygens (including phenoxy) is 1. The Labute approximate surface area is 154 Å². The van der Waals surface area contributed by atoms with Crippen molar-refractivity contribution in [3.63, 3.8) is 0 Å². The summed E-state index contributed by atoms with van der Waals surface area (Å²) in [6, 6.07) is 3.87. The average Bonchev–Trinajstić information content (AvgIpc) is 3.02. The van der Waals surface area contributed by atoms with E-state index in [2.05, 4.69) is 22.2 Å². The van der Waals surface area contributed by atoms with Crippen LogP contribution in [0.2, 0.25) is 5.02 Å². The Morgan fingerprint density at radius 2 is 2.19 bits per heavy atom. The van der Waals surface area contributed by atoms with Gasteiger partial charge in [0.15, 0.2) is 6.61 Å². The van der Waals surface area contributed by atoms with E-state index >= 15 is 0 Å². The van der Waals surface area contributed by atoms with Gasteiger partial charge in [0.05, 0.1) is 11.2 Å². The topological polar surface area (TPSA) is 93.5 Å². The zero-order chi connectivity index (χ0) is 19.1. The molecular weight excluding hydrogens is 365 g/mol. The van der Waals surface area contributed by atoms with Gasteiger partial charge in [0, 0.05) is 24.7 Å². The van der Waals surface area contributed by atoms with Crippen molar-refractivity contribution in [1.82, 2.24) is 15.6 Å². The van der Waals surface area contributed by atoms with Crippen molar-refractivity contribution < 1.29 is 23.1 Å². The normalized spacial score (nSPS) is 10.3. The van der Waals surface area contributed by atoms with Crippen molar-refractivity contribution >= 4 is 23.4 Å². The van der Waals surface area contributed by atoms with Crippen LogP contribution in [-0.4, -0.2) is 29.9 Å². The third-order valence-corrected chi connectivity index (χ3v) is 3.41. The Balaban J connectivity index is 1.67. The molecule has 9 heteroatoms. The highest BCUT2D eigenvalue weighted by Crippen LogP contribution is 2.20. The van der Waals surface area contributed by atoms with Gasteiger partial charge in [-0.05, 0) is 19.1 Å². The van der Waals surface area contributed by atoms with Crippen molar-refractivity contribution in [2.75, 3.05) is 13.2 Å². The molecule has 7 nitrogen and oxygen atoms in total. The number of nitrogens with zero attached hydrogens (tertiary/aromatic N) is 1. The van der Waals surface area contributed by atoms with E-state index < -0.39 is 17.6 Å². The lowest BCUT2D eigenvalue weighted by molar-refractivity contribution is -0.122. The molecular formula is C17H17ClFN3O4. The minimum Gasteiger partial charge on any atom is -0.484 e. The summed E-state index contributed by atoms with van der Waals surface area (Å²) in [5.74, 6) is -0.856. The van der Waals surface area contributed by atoms with Crippen LogP contribution in [0.5, 0.6) is 5.75 Å². The summed E-state index contributed by atoms with van der Waals surface area (Å²) in [6.07, 6.45) is 1.76. The molecule has 0 saturated carbocycles. The lowest BCUT2D eigenvalue weighted by Gasteiger charge is -2.10. The molecule has 0 atom stereocenters. The van der Waals surface area contributed by atoms with Gasteiger partial charge in [0.25, 0.3) is 11.8 Å². The van der Waals surface area contributed by atoms with Crippen LogP contribution in [0.15, 0.2) is 41.1 Å². The van der Waals surface area contributed by atoms with Crippen LogP contribution < -0.4 is 15.4 Å². The number of hydrogen-bond donors (Lipinski definition) is 2. The number of rotatable bonds is 8. The minimum absolute atomic E-state index is 0.0271. The number of halogens is 2. The molecule has 0 aliphatic rings. The second kappa shape index (κ2) is 9.00. The van der Waals surface area contributed by atoms with Gasteiger partial charge in [0.2, 0.25) is 0 Å². The number of benzene rings is 1. The predicted octanol–water partition coefficient (Wildman–Crippen LogP) is 2.60. The van der Waals surface area contributed by atoms with Crippen LogP contribution in [0.4, 0.5) is 4.39 Å². The third kappa shape index (κ3) is 5.89. The van der Waals surface area contributed by atoms with Crippen LogP contribution in [0.3, 0.4) is 0 Å². The molecule has 0 aliphatic carbocycles. The summed E-state index contributed by atoms with van der Waals surface area (Å²) in [5.41, 5.74) is 0.393. The number of carbonyl (C=O) groups excluding carboxylic acids is 2. The zero-order valence-electron chi connectivity index (χ0n) is 14.0. The molecule has 2 rings (SSSR count). The average molecular weight is 382 g/mol. The van der Waals surface area contributed by atoms with E-state index in [0.717, 1.165) is 6.07 Å². The van der Waals surface area contributed by atoms with Gasteiger partial charge in [-0.3, -0.25) is 9.59 Å². The van der Waals surface area contributed by atoms with Crippen LogP contribution in [0.1, 0.15) is 22.9 Å². The third-order valence-electron chi connectivity index (χ3n) is 3.11. The number of aryl methyl sites for hydroxylation is 1. The quantitative estimate of drug-likeness (QED) is 0.733. The standard InChI is InChI=1S/C17H17ClFN3O4/c1-10(5-6-20-16(24)17-21-8-11(2)26-17)22-15(23)9-25-12-3-4-13(18)14(19)7-12/h3-4,7-8H,1,5-6,9H2,2H3,(H,20,24)(H,22,23). The lowest BCUT2D eigenvalue weighted by Crippen LogP contribution is -2.31. The number of aromatic nitrogens is 1. The molecule has 2 aromatic rings. The number of nitrogens with one attached hydrogen (secondary N) is 2. The second-order valence-electron chi connectivity index (χ2n) is 5.30. The van der Waals surface area contributed by atoms with E-state index in [0.29, 0.717) is 17.9 Å². The summed E-state index contributed by atoms with van der Waals surface area (Å²) in [6.45, 7) is 5.30. The minimum atomic E-state index is -0.633. The number of carbonyl (C=O) groups is 2. The number of oxazole rings is 1. The largest absolute Gasteiger partial charge is 0.484 e. The molecule has 0 unspecified atom stereocenters. The molecule has 2 N–H and O–H groups in total. The highest BCUT2D eigenvalue weighted by Gasteiger charge is 2.12. The molecule has 138 valence electrons. The van der Waals surface area contributed by atoms with E-state index in [1.54, 1.807) is 6.92 Å². The van der Waals surface area contributed by atoms with Gasteiger partial charge in [-0.15, -0.1) is 0 Å². The summed E-state index contributed by atoms with van der Waals surface area (Å²) in [5, 5.41) is 5.09. The van der Waals surface area contributed by atoms with Gasteiger partial charge < -0.3 is 19.8 Å². The summed E-state index contributed by atoms with van der Waals surface area (Å²) >= 11 is 5.56. The van der Waals surface area contributed by atoms with Gasteiger partial charge in [0.1, 0.15) is 17.3 Å². The predicted molar refractivity (Wildman–Crippen MR) is 92.4 cm³/mol. The number of amides is 2. The van der Waals surface area contributed by atoms with Crippen molar-refractivity contribution in [3.8, 4) is 5.75 Å². The fourth-order valence-corrected chi connectivity index (χ4v) is 1.99. The summed E-state index contributed by atoms with van der Waals surface area (Å²) < 4.78 is 23.5. The molecule has 2 amide bonds. The molecule has 1 heterocycles. The van der Waals surface area contributed by atoms with Crippen molar-refractivity contribution in [1.29, 1.82) is 0 Å². The summed E-state index contributed by atoms with van der Waals surface area (Å²) in [7, 11) is 0. The molecule has 1 aromatic heterocycles. The van der Waals surface area contributed by atoms with Gasteiger partial charge in [-0.2, -0.15) is 0 Å². The fourth-order valence-electron chi connectivity index (χ4n) is 1.87. The SMILES string of the molecule is C=C(CCNC(=O)c1ncc(C)o1)NC(=O)COc1ccc(Cl)c(F)c1. The second-order valence-corrected chi connectivity index (χ2v) is 5.71. The van der Waals surface area contributed by atoms with Crippen LogP contribution in [0, 0.1) is 12.7 Å². The highest BCUT2D eigenvalue weighted by atomic mass is 35.5.